The molecule has 0 radical (unpaired) electrons. The van der Waals surface area contributed by atoms with Gasteiger partial charge < -0.3 is 15.4 Å². The van der Waals surface area contributed by atoms with Gasteiger partial charge in [0, 0.05) is 11.4 Å². The van der Waals surface area contributed by atoms with Crippen molar-refractivity contribution >= 4 is 39.1 Å². The number of benzene rings is 1. The van der Waals surface area contributed by atoms with E-state index in [1.54, 1.807) is 19.2 Å². The van der Waals surface area contributed by atoms with Crippen molar-refractivity contribution < 1.29 is 9.53 Å². The molecule has 0 saturated carbocycles. The average Bonchev–Trinajstić information content (AvgIpc) is 2.81. The van der Waals surface area contributed by atoms with Gasteiger partial charge in [0.1, 0.15) is 0 Å². The van der Waals surface area contributed by atoms with Crippen molar-refractivity contribution in [3.63, 3.8) is 0 Å². The average molecular weight is 348 g/mol. The Bertz CT molecular complexity index is 476. The van der Waals surface area contributed by atoms with Crippen LogP contribution in [0.25, 0.3) is 0 Å². The van der Waals surface area contributed by atoms with Gasteiger partial charge in [0.2, 0.25) is 5.91 Å². The SMILES string of the molecule is COc1c(Br)cc(Cl)cc1NC(=O)CC1CCNC1. The number of nitrogens with one attached hydrogen (secondary N) is 2. The lowest BCUT2D eigenvalue weighted by atomic mass is 10.0. The molecule has 1 fully saturated rings. The summed E-state index contributed by atoms with van der Waals surface area (Å²) in [6.45, 7) is 1.90. The fourth-order valence-electron chi connectivity index (χ4n) is 2.21. The predicted octanol–water partition coefficient (Wildman–Crippen LogP) is 3.05. The first-order valence-electron chi connectivity index (χ1n) is 6.13. The molecule has 0 bridgehead atoms. The van der Waals surface area contributed by atoms with Crippen molar-refractivity contribution in [1.29, 1.82) is 0 Å². The lowest BCUT2D eigenvalue weighted by molar-refractivity contribution is -0.117. The fourth-order valence-corrected chi connectivity index (χ4v) is 3.18. The number of rotatable bonds is 4. The lowest BCUT2D eigenvalue weighted by Gasteiger charge is -2.14. The Morgan fingerprint density at radius 1 is 1.63 bits per heavy atom. The molecule has 1 saturated heterocycles. The summed E-state index contributed by atoms with van der Waals surface area (Å²) in [6.07, 6.45) is 1.56. The quantitative estimate of drug-likeness (QED) is 0.880. The zero-order chi connectivity index (χ0) is 13.8. The molecule has 0 spiro atoms. The highest BCUT2D eigenvalue weighted by atomic mass is 79.9. The zero-order valence-electron chi connectivity index (χ0n) is 10.6. The smallest absolute Gasteiger partial charge is 0.224 e. The van der Waals surface area contributed by atoms with E-state index in [9.17, 15) is 4.79 Å². The maximum Gasteiger partial charge on any atom is 0.224 e. The topological polar surface area (TPSA) is 50.4 Å². The van der Waals surface area contributed by atoms with Crippen LogP contribution in [0.3, 0.4) is 0 Å². The van der Waals surface area contributed by atoms with Crippen LogP contribution in [0.15, 0.2) is 16.6 Å². The zero-order valence-corrected chi connectivity index (χ0v) is 13.0. The summed E-state index contributed by atoms with van der Waals surface area (Å²) in [5.41, 5.74) is 0.595. The number of hydrogen-bond donors (Lipinski definition) is 2. The number of halogens is 2. The summed E-state index contributed by atoms with van der Waals surface area (Å²) in [5.74, 6) is 0.983. The minimum absolute atomic E-state index is 0.0128. The number of carbonyl (C=O) groups is 1. The summed E-state index contributed by atoms with van der Waals surface area (Å²) >= 11 is 9.35. The Kier molecular flexibility index (Phi) is 5.07. The van der Waals surface area contributed by atoms with Crippen molar-refractivity contribution in [3.8, 4) is 5.75 Å². The molecule has 1 heterocycles. The van der Waals surface area contributed by atoms with Crippen LogP contribution in [0, 0.1) is 5.92 Å². The van der Waals surface area contributed by atoms with Crippen molar-refractivity contribution in [2.45, 2.75) is 12.8 Å². The Morgan fingerprint density at radius 2 is 2.42 bits per heavy atom. The number of carbonyl (C=O) groups excluding carboxylic acids is 1. The van der Waals surface area contributed by atoms with Crippen molar-refractivity contribution in [1.82, 2.24) is 5.32 Å². The molecule has 1 aliphatic rings. The van der Waals surface area contributed by atoms with Crippen molar-refractivity contribution in [2.75, 3.05) is 25.5 Å². The summed E-state index contributed by atoms with van der Waals surface area (Å²) in [7, 11) is 1.56. The van der Waals surface area contributed by atoms with Crippen LogP contribution >= 0.6 is 27.5 Å². The van der Waals surface area contributed by atoms with Gasteiger partial charge in [-0.1, -0.05) is 11.6 Å². The van der Waals surface area contributed by atoms with E-state index in [2.05, 4.69) is 26.6 Å². The molecular weight excluding hydrogens is 332 g/mol. The van der Waals surface area contributed by atoms with E-state index < -0.39 is 0 Å². The number of ether oxygens (including phenoxy) is 1. The van der Waals surface area contributed by atoms with Crippen molar-refractivity contribution in [3.05, 3.63) is 21.6 Å². The van der Waals surface area contributed by atoms with Crippen LogP contribution in [0.5, 0.6) is 5.75 Å². The molecule has 2 N–H and O–H groups in total. The third kappa shape index (κ3) is 3.84. The van der Waals surface area contributed by atoms with Crippen LogP contribution in [0.4, 0.5) is 5.69 Å². The molecule has 0 aliphatic carbocycles. The normalized spacial score (nSPS) is 18.4. The molecule has 1 aromatic carbocycles. The second-order valence-electron chi connectivity index (χ2n) is 4.58. The van der Waals surface area contributed by atoms with Gasteiger partial charge in [0.05, 0.1) is 17.3 Å². The Labute approximate surface area is 126 Å². The fraction of sp³-hybridized carbons (Fsp3) is 0.462. The summed E-state index contributed by atoms with van der Waals surface area (Å²) in [4.78, 5) is 12.0. The minimum atomic E-state index is -0.0128. The molecule has 1 amide bonds. The van der Waals surface area contributed by atoms with Crippen LogP contribution < -0.4 is 15.4 Å². The van der Waals surface area contributed by atoms with Crippen LogP contribution in [0.1, 0.15) is 12.8 Å². The number of hydrogen-bond acceptors (Lipinski definition) is 3. The largest absolute Gasteiger partial charge is 0.493 e. The molecule has 1 aliphatic heterocycles. The Morgan fingerprint density at radius 3 is 3.05 bits per heavy atom. The number of methoxy groups -OCH3 is 1. The monoisotopic (exact) mass is 346 g/mol. The van der Waals surface area contributed by atoms with E-state index >= 15 is 0 Å². The van der Waals surface area contributed by atoms with Gasteiger partial charge >= 0.3 is 0 Å². The van der Waals surface area contributed by atoms with E-state index in [4.69, 9.17) is 16.3 Å². The third-order valence-corrected chi connectivity index (χ3v) is 3.93. The minimum Gasteiger partial charge on any atom is -0.493 e. The second-order valence-corrected chi connectivity index (χ2v) is 5.87. The van der Waals surface area contributed by atoms with Crippen LogP contribution in [-0.4, -0.2) is 26.1 Å². The highest BCUT2D eigenvalue weighted by molar-refractivity contribution is 9.10. The predicted molar refractivity (Wildman–Crippen MR) is 79.9 cm³/mol. The first-order valence-corrected chi connectivity index (χ1v) is 7.31. The lowest BCUT2D eigenvalue weighted by Crippen LogP contribution is -2.18. The molecule has 4 nitrogen and oxygen atoms in total. The van der Waals surface area contributed by atoms with E-state index in [0.717, 1.165) is 24.0 Å². The molecule has 1 aromatic rings. The van der Waals surface area contributed by atoms with Gasteiger partial charge in [-0.15, -0.1) is 0 Å². The molecule has 1 atom stereocenters. The highest BCUT2D eigenvalue weighted by Gasteiger charge is 2.19. The van der Waals surface area contributed by atoms with E-state index in [-0.39, 0.29) is 5.91 Å². The number of amides is 1. The third-order valence-electron chi connectivity index (χ3n) is 3.12. The molecule has 0 aromatic heterocycles. The van der Waals surface area contributed by atoms with Gasteiger partial charge in [-0.05, 0) is 53.5 Å². The van der Waals surface area contributed by atoms with Gasteiger partial charge in [-0.2, -0.15) is 0 Å². The van der Waals surface area contributed by atoms with Crippen molar-refractivity contribution in [2.24, 2.45) is 5.92 Å². The molecule has 19 heavy (non-hydrogen) atoms. The summed E-state index contributed by atoms with van der Waals surface area (Å²) < 4.78 is 5.99. The highest BCUT2D eigenvalue weighted by Crippen LogP contribution is 2.36. The first kappa shape index (κ1) is 14.6. The molecule has 2 rings (SSSR count). The summed E-state index contributed by atoms with van der Waals surface area (Å²) in [6, 6.07) is 3.42. The van der Waals surface area contributed by atoms with Gasteiger partial charge in [-0.25, -0.2) is 0 Å². The first-order chi connectivity index (χ1) is 9.10. The molecule has 6 heteroatoms. The second kappa shape index (κ2) is 6.59. The van der Waals surface area contributed by atoms with Crippen LogP contribution in [-0.2, 0) is 4.79 Å². The van der Waals surface area contributed by atoms with E-state index in [0.29, 0.717) is 28.8 Å². The van der Waals surface area contributed by atoms with E-state index in [1.807, 2.05) is 0 Å². The standard InChI is InChI=1S/C13H16BrClN2O2/c1-19-13-10(14)5-9(15)6-11(13)17-12(18)4-8-2-3-16-7-8/h5-6,8,16H,2-4,7H2,1H3,(H,17,18). The van der Waals surface area contributed by atoms with Gasteiger partial charge in [0.15, 0.2) is 5.75 Å². The van der Waals surface area contributed by atoms with Crippen LogP contribution in [0.2, 0.25) is 5.02 Å². The van der Waals surface area contributed by atoms with Gasteiger partial charge in [-0.3, -0.25) is 4.79 Å². The van der Waals surface area contributed by atoms with E-state index in [1.165, 1.54) is 0 Å². The van der Waals surface area contributed by atoms with Gasteiger partial charge in [0.25, 0.3) is 0 Å². The number of anilines is 1. The maximum atomic E-state index is 12.0. The Balaban J connectivity index is 2.07. The summed E-state index contributed by atoms with van der Waals surface area (Å²) in [5, 5.41) is 6.66. The molecular formula is C13H16BrClN2O2. The molecule has 104 valence electrons. The maximum absolute atomic E-state index is 12.0. The Hall–Kier alpha value is -0.780. The molecule has 1 unspecified atom stereocenters.